The van der Waals surface area contributed by atoms with Crippen molar-refractivity contribution in [3.63, 3.8) is 0 Å². The van der Waals surface area contributed by atoms with Gasteiger partial charge in [0.1, 0.15) is 6.67 Å². The van der Waals surface area contributed by atoms with E-state index in [2.05, 4.69) is 5.32 Å². The summed E-state index contributed by atoms with van der Waals surface area (Å²) in [6, 6.07) is 4.98. The Kier molecular flexibility index (Phi) is 5.88. The molecule has 0 bridgehead atoms. The van der Waals surface area contributed by atoms with Crippen LogP contribution in [0.25, 0.3) is 0 Å². The molecule has 0 saturated heterocycles. The highest BCUT2D eigenvalue weighted by molar-refractivity contribution is 5.43. The maximum atomic E-state index is 12.1. The summed E-state index contributed by atoms with van der Waals surface area (Å²) in [7, 11) is 3.10. The molecule has 18 heavy (non-hydrogen) atoms. The van der Waals surface area contributed by atoms with Gasteiger partial charge in [-0.05, 0) is 24.6 Å². The zero-order valence-corrected chi connectivity index (χ0v) is 10.9. The van der Waals surface area contributed by atoms with Crippen LogP contribution in [0.5, 0.6) is 11.5 Å². The van der Waals surface area contributed by atoms with Crippen LogP contribution in [0, 0.1) is 0 Å². The van der Waals surface area contributed by atoms with Gasteiger partial charge in [0, 0.05) is 12.6 Å². The fourth-order valence-electron chi connectivity index (χ4n) is 1.72. The third kappa shape index (κ3) is 3.58. The molecule has 0 heterocycles. The molecule has 0 aliphatic heterocycles. The summed E-state index contributed by atoms with van der Waals surface area (Å²) in [6.07, 6.45) is -0.726. The number of nitrogens with one attached hydrogen (secondary N) is 1. The molecule has 4 nitrogen and oxygen atoms in total. The predicted octanol–water partition coefficient (Wildman–Crippen LogP) is 1.68. The number of alkyl halides is 1. The summed E-state index contributed by atoms with van der Waals surface area (Å²) in [6.45, 7) is 1.57. The standard InChI is InChI=1S/C13H20FNO3/c1-9(15-7-6-14)13(16)10-4-5-11(17-2)12(8-10)18-3/h4-5,8-9,13,15-16H,6-7H2,1-3H3. The van der Waals surface area contributed by atoms with Crippen LogP contribution in [-0.2, 0) is 0 Å². The molecule has 0 aliphatic rings. The Morgan fingerprint density at radius 1 is 1.28 bits per heavy atom. The van der Waals surface area contributed by atoms with Crippen molar-refractivity contribution in [3.8, 4) is 11.5 Å². The molecule has 0 saturated carbocycles. The molecule has 1 rings (SSSR count). The van der Waals surface area contributed by atoms with E-state index in [0.717, 1.165) is 0 Å². The van der Waals surface area contributed by atoms with Gasteiger partial charge in [-0.2, -0.15) is 0 Å². The zero-order valence-electron chi connectivity index (χ0n) is 10.9. The fourth-order valence-corrected chi connectivity index (χ4v) is 1.72. The highest BCUT2D eigenvalue weighted by atomic mass is 19.1. The average molecular weight is 257 g/mol. The lowest BCUT2D eigenvalue weighted by Crippen LogP contribution is -2.33. The topological polar surface area (TPSA) is 50.7 Å². The highest BCUT2D eigenvalue weighted by Gasteiger charge is 2.17. The van der Waals surface area contributed by atoms with Crippen LogP contribution in [0.2, 0.25) is 0 Å². The third-order valence-corrected chi connectivity index (χ3v) is 2.78. The Bertz CT molecular complexity index is 373. The Morgan fingerprint density at radius 3 is 2.50 bits per heavy atom. The smallest absolute Gasteiger partial charge is 0.161 e. The van der Waals surface area contributed by atoms with E-state index in [1.807, 2.05) is 0 Å². The summed E-state index contributed by atoms with van der Waals surface area (Å²) >= 11 is 0. The quantitative estimate of drug-likeness (QED) is 0.780. The number of hydrogen-bond acceptors (Lipinski definition) is 4. The second-order valence-corrected chi connectivity index (χ2v) is 3.99. The summed E-state index contributed by atoms with van der Waals surface area (Å²) in [5, 5.41) is 13.0. The third-order valence-electron chi connectivity index (χ3n) is 2.78. The zero-order chi connectivity index (χ0) is 13.5. The van der Waals surface area contributed by atoms with E-state index in [-0.39, 0.29) is 12.6 Å². The molecule has 0 radical (unpaired) electrons. The van der Waals surface area contributed by atoms with Gasteiger partial charge in [-0.15, -0.1) is 0 Å². The first-order valence-corrected chi connectivity index (χ1v) is 5.83. The van der Waals surface area contributed by atoms with Gasteiger partial charge in [-0.3, -0.25) is 0 Å². The van der Waals surface area contributed by atoms with Gasteiger partial charge >= 0.3 is 0 Å². The number of methoxy groups -OCH3 is 2. The first-order valence-electron chi connectivity index (χ1n) is 5.83. The Morgan fingerprint density at radius 2 is 1.94 bits per heavy atom. The monoisotopic (exact) mass is 257 g/mol. The molecule has 0 amide bonds. The molecule has 0 aliphatic carbocycles. The molecule has 102 valence electrons. The van der Waals surface area contributed by atoms with Crippen molar-refractivity contribution < 1.29 is 19.0 Å². The van der Waals surface area contributed by atoms with E-state index in [1.165, 1.54) is 0 Å². The molecular formula is C13H20FNO3. The number of ether oxygens (including phenoxy) is 2. The minimum Gasteiger partial charge on any atom is -0.493 e. The van der Waals surface area contributed by atoms with Gasteiger partial charge in [0.15, 0.2) is 11.5 Å². The second-order valence-electron chi connectivity index (χ2n) is 3.99. The summed E-state index contributed by atoms with van der Waals surface area (Å²) < 4.78 is 22.4. The number of rotatable bonds is 7. The molecule has 2 unspecified atom stereocenters. The Balaban J connectivity index is 2.82. The van der Waals surface area contributed by atoms with Crippen LogP contribution >= 0.6 is 0 Å². The van der Waals surface area contributed by atoms with Crippen molar-refractivity contribution in [3.05, 3.63) is 23.8 Å². The summed E-state index contributed by atoms with van der Waals surface area (Å²) in [4.78, 5) is 0. The molecule has 2 N–H and O–H groups in total. The van der Waals surface area contributed by atoms with E-state index in [0.29, 0.717) is 17.1 Å². The predicted molar refractivity (Wildman–Crippen MR) is 67.9 cm³/mol. The molecule has 0 spiro atoms. The maximum absolute atomic E-state index is 12.1. The van der Waals surface area contributed by atoms with Crippen LogP contribution in [0.1, 0.15) is 18.6 Å². The number of benzene rings is 1. The van der Waals surface area contributed by atoms with Crippen molar-refractivity contribution in [2.24, 2.45) is 0 Å². The van der Waals surface area contributed by atoms with Crippen molar-refractivity contribution in [1.29, 1.82) is 0 Å². The van der Waals surface area contributed by atoms with Crippen LogP contribution in [-0.4, -0.2) is 38.6 Å². The van der Waals surface area contributed by atoms with Crippen LogP contribution in [0.4, 0.5) is 4.39 Å². The van der Waals surface area contributed by atoms with E-state index in [4.69, 9.17) is 9.47 Å². The molecule has 0 aromatic heterocycles. The molecule has 1 aromatic carbocycles. The average Bonchev–Trinajstić information content (AvgIpc) is 2.42. The van der Waals surface area contributed by atoms with Gasteiger partial charge in [0.25, 0.3) is 0 Å². The number of hydrogen-bond donors (Lipinski definition) is 2. The molecule has 5 heteroatoms. The fraction of sp³-hybridized carbons (Fsp3) is 0.538. The lowest BCUT2D eigenvalue weighted by molar-refractivity contribution is 0.134. The molecule has 1 aromatic rings. The van der Waals surface area contributed by atoms with Crippen molar-refractivity contribution in [2.75, 3.05) is 27.4 Å². The first kappa shape index (κ1) is 14.7. The number of aliphatic hydroxyl groups is 1. The Hall–Kier alpha value is -1.33. The molecule has 0 fully saturated rings. The molecular weight excluding hydrogens is 237 g/mol. The van der Waals surface area contributed by atoms with E-state index in [9.17, 15) is 9.50 Å². The lowest BCUT2D eigenvalue weighted by Gasteiger charge is -2.21. The van der Waals surface area contributed by atoms with Gasteiger partial charge in [0.2, 0.25) is 0 Å². The van der Waals surface area contributed by atoms with Gasteiger partial charge in [0.05, 0.1) is 20.3 Å². The van der Waals surface area contributed by atoms with Gasteiger partial charge < -0.3 is 19.9 Å². The SMILES string of the molecule is COc1ccc(C(O)C(C)NCCF)cc1OC. The van der Waals surface area contributed by atoms with Crippen molar-refractivity contribution in [2.45, 2.75) is 19.1 Å². The minimum atomic E-state index is -0.726. The van der Waals surface area contributed by atoms with Crippen LogP contribution < -0.4 is 14.8 Å². The minimum absolute atomic E-state index is 0.228. The van der Waals surface area contributed by atoms with E-state index in [1.54, 1.807) is 39.3 Å². The molecule has 2 atom stereocenters. The van der Waals surface area contributed by atoms with Crippen LogP contribution in [0.3, 0.4) is 0 Å². The first-order chi connectivity index (χ1) is 8.63. The van der Waals surface area contributed by atoms with Gasteiger partial charge in [-0.25, -0.2) is 4.39 Å². The summed E-state index contributed by atoms with van der Waals surface area (Å²) in [5.74, 6) is 1.17. The lowest BCUT2D eigenvalue weighted by atomic mass is 10.0. The highest BCUT2D eigenvalue weighted by Crippen LogP contribution is 2.30. The van der Waals surface area contributed by atoms with Crippen molar-refractivity contribution >= 4 is 0 Å². The summed E-state index contributed by atoms with van der Waals surface area (Å²) in [5.41, 5.74) is 0.700. The largest absolute Gasteiger partial charge is 0.493 e. The second kappa shape index (κ2) is 7.18. The van der Waals surface area contributed by atoms with Crippen LogP contribution in [0.15, 0.2) is 18.2 Å². The Labute approximate surface area is 107 Å². The number of aliphatic hydroxyl groups excluding tert-OH is 1. The normalized spacial score (nSPS) is 14.1. The van der Waals surface area contributed by atoms with Gasteiger partial charge in [-0.1, -0.05) is 6.07 Å². The maximum Gasteiger partial charge on any atom is 0.161 e. The number of halogens is 1. The van der Waals surface area contributed by atoms with Crippen molar-refractivity contribution in [1.82, 2.24) is 5.32 Å². The van der Waals surface area contributed by atoms with E-state index < -0.39 is 12.8 Å². The van der Waals surface area contributed by atoms with E-state index >= 15 is 0 Å².